The molecule has 12 aromatic carbocycles. The molecule has 1 heteroatoms. The third-order valence-electron chi connectivity index (χ3n) is 17.0. The minimum atomic E-state index is -0.503. The molecule has 0 bridgehead atoms. The van der Waals surface area contributed by atoms with Crippen molar-refractivity contribution in [1.82, 2.24) is 0 Å². The van der Waals surface area contributed by atoms with E-state index in [9.17, 15) is 0 Å². The molecule has 0 fully saturated rings. The second kappa shape index (κ2) is 18.0. The fourth-order valence-electron chi connectivity index (χ4n) is 13.2. The second-order valence-corrected chi connectivity index (χ2v) is 23.6. The van der Waals surface area contributed by atoms with Crippen molar-refractivity contribution in [3.63, 3.8) is 0 Å². The Hall–Kier alpha value is -9.04. The molecule has 2 aliphatic carbocycles. The maximum atomic E-state index is 2.54. The molecule has 0 heterocycles. The van der Waals surface area contributed by atoms with Crippen LogP contribution in [0.25, 0.3) is 88.3 Å². The fraction of sp³-hybridized carbons (Fsp3) is 0.117. The third-order valence-corrected chi connectivity index (χ3v) is 17.0. The van der Waals surface area contributed by atoms with Gasteiger partial charge < -0.3 is 4.90 Å². The minimum absolute atomic E-state index is 0.0277. The number of hydrogen-bond acceptors (Lipinski definition) is 1. The highest BCUT2D eigenvalue weighted by Crippen LogP contribution is 2.64. The van der Waals surface area contributed by atoms with Gasteiger partial charge in [-0.25, -0.2) is 0 Å². The monoisotopic (exact) mass is 999 g/mol. The van der Waals surface area contributed by atoms with Crippen molar-refractivity contribution in [2.45, 2.75) is 57.8 Å². The lowest BCUT2D eigenvalue weighted by molar-refractivity contribution is 0.586. The zero-order chi connectivity index (χ0) is 52.9. The standard InChI is InChI=1S/C77H61N/c1-75(2,3)53-38-44-66-67-45-39-54(76(4,5)6)48-73(67)77(72(66)47-53)70-33-18-16-29-65(70)69-49-56(42-46-71(69)77)78(55-40-35-52(36-41-55)59-31-20-32-61-58-24-11-10-23-51(58)37-43-64(59)61)74-34-19-17-30-68(74)63-28-15-14-27-62(63)60-26-13-12-25-57(60)50-21-8-7-9-22-50/h7-49H,1-6H3. The number of fused-ring (bicyclic) bond motifs is 13. The lowest BCUT2D eigenvalue weighted by atomic mass is 9.69. The van der Waals surface area contributed by atoms with E-state index in [1.807, 2.05) is 0 Å². The van der Waals surface area contributed by atoms with Crippen LogP contribution in [0, 0.1) is 0 Å². The number of nitrogens with zero attached hydrogens (tertiary/aromatic N) is 1. The lowest BCUT2D eigenvalue weighted by Crippen LogP contribution is -2.27. The summed E-state index contributed by atoms with van der Waals surface area (Å²) in [7, 11) is 0. The van der Waals surface area contributed by atoms with Crippen LogP contribution in [0.2, 0.25) is 0 Å². The van der Waals surface area contributed by atoms with Gasteiger partial charge in [0.15, 0.2) is 0 Å². The first-order chi connectivity index (χ1) is 38.0. The van der Waals surface area contributed by atoms with E-state index in [1.54, 1.807) is 0 Å². The molecule has 1 nitrogen and oxygen atoms in total. The fourth-order valence-corrected chi connectivity index (χ4v) is 13.2. The normalized spacial score (nSPS) is 13.1. The SMILES string of the molecule is CC(C)(C)c1ccc2c(c1)C1(c3ccccc3-c3cc(N(c4ccc(-c5cccc6c5ccc5ccccc56)cc4)c4ccccc4-c4ccccc4-c4ccccc4-c4ccccc4)ccc31)c1cc(C(C)(C)C)ccc1-2. The van der Waals surface area contributed by atoms with Gasteiger partial charge in [0, 0.05) is 16.9 Å². The summed E-state index contributed by atoms with van der Waals surface area (Å²) < 4.78 is 0. The van der Waals surface area contributed by atoms with E-state index in [4.69, 9.17) is 0 Å². The highest BCUT2D eigenvalue weighted by atomic mass is 15.1. The average Bonchev–Trinajstić information content (AvgIpc) is 3.12. The predicted octanol–water partition coefficient (Wildman–Crippen LogP) is 21.1. The molecule has 78 heavy (non-hydrogen) atoms. The number of para-hydroxylation sites is 1. The molecular weight excluding hydrogens is 939 g/mol. The second-order valence-electron chi connectivity index (χ2n) is 23.6. The Labute approximate surface area is 459 Å². The Morgan fingerprint density at radius 3 is 1.44 bits per heavy atom. The number of anilines is 3. The quantitative estimate of drug-likeness (QED) is 0.144. The van der Waals surface area contributed by atoms with Gasteiger partial charge in [-0.1, -0.05) is 272 Å². The van der Waals surface area contributed by atoms with Crippen molar-refractivity contribution >= 4 is 38.6 Å². The predicted molar refractivity (Wildman–Crippen MR) is 332 cm³/mol. The molecule has 0 aromatic heterocycles. The van der Waals surface area contributed by atoms with Crippen molar-refractivity contribution < 1.29 is 0 Å². The van der Waals surface area contributed by atoms with E-state index in [0.717, 1.165) is 22.6 Å². The summed E-state index contributed by atoms with van der Waals surface area (Å²) in [6.07, 6.45) is 0. The molecule has 0 atom stereocenters. The van der Waals surface area contributed by atoms with Crippen molar-refractivity contribution in [3.05, 3.63) is 294 Å². The van der Waals surface area contributed by atoms with Crippen molar-refractivity contribution in [2.24, 2.45) is 0 Å². The molecule has 374 valence electrons. The number of rotatable bonds is 7. The van der Waals surface area contributed by atoms with Crippen LogP contribution in [0.15, 0.2) is 261 Å². The van der Waals surface area contributed by atoms with Gasteiger partial charge in [-0.15, -0.1) is 0 Å². The highest BCUT2D eigenvalue weighted by molar-refractivity contribution is 6.12. The first-order valence-electron chi connectivity index (χ1n) is 27.7. The van der Waals surface area contributed by atoms with Crippen LogP contribution in [0.5, 0.6) is 0 Å². The van der Waals surface area contributed by atoms with Gasteiger partial charge >= 0.3 is 0 Å². The molecule has 0 amide bonds. The molecule has 1 spiro atoms. The summed E-state index contributed by atoms with van der Waals surface area (Å²) in [5.41, 5.74) is 25.6. The van der Waals surface area contributed by atoms with Gasteiger partial charge in [0.1, 0.15) is 0 Å². The Balaban J connectivity index is 0.997. The van der Waals surface area contributed by atoms with Crippen LogP contribution in [0.4, 0.5) is 17.1 Å². The van der Waals surface area contributed by atoms with Gasteiger partial charge in [-0.05, 0) is 157 Å². The van der Waals surface area contributed by atoms with Crippen molar-refractivity contribution in [2.75, 3.05) is 4.90 Å². The van der Waals surface area contributed by atoms with Crippen LogP contribution in [0.3, 0.4) is 0 Å². The number of benzene rings is 12. The van der Waals surface area contributed by atoms with E-state index in [2.05, 4.69) is 307 Å². The first kappa shape index (κ1) is 47.4. The Morgan fingerprint density at radius 1 is 0.269 bits per heavy atom. The van der Waals surface area contributed by atoms with Crippen molar-refractivity contribution in [1.29, 1.82) is 0 Å². The Kier molecular flexibility index (Phi) is 11.0. The lowest BCUT2D eigenvalue weighted by Gasteiger charge is -2.33. The van der Waals surface area contributed by atoms with Crippen LogP contribution in [-0.4, -0.2) is 0 Å². The molecule has 0 saturated carbocycles. The smallest absolute Gasteiger partial charge is 0.0725 e. The molecule has 14 rings (SSSR count). The Bertz CT molecular complexity index is 4270. The van der Waals surface area contributed by atoms with Gasteiger partial charge in [0.2, 0.25) is 0 Å². The molecule has 12 aromatic rings. The van der Waals surface area contributed by atoms with Crippen LogP contribution in [-0.2, 0) is 16.2 Å². The molecule has 0 saturated heterocycles. The maximum Gasteiger partial charge on any atom is 0.0725 e. The molecule has 0 N–H and O–H groups in total. The third kappa shape index (κ3) is 7.43. The summed E-state index contributed by atoms with van der Waals surface area (Å²) in [6, 6.07) is 98.2. The molecule has 0 aliphatic heterocycles. The summed E-state index contributed by atoms with van der Waals surface area (Å²) in [4.78, 5) is 2.51. The van der Waals surface area contributed by atoms with Crippen LogP contribution in [0.1, 0.15) is 74.9 Å². The summed E-state index contributed by atoms with van der Waals surface area (Å²) in [5.74, 6) is 0. The zero-order valence-electron chi connectivity index (χ0n) is 45.3. The molecule has 0 radical (unpaired) electrons. The molecule has 2 aliphatic rings. The maximum absolute atomic E-state index is 2.54. The average molecular weight is 1000 g/mol. The van der Waals surface area contributed by atoms with Gasteiger partial charge in [0.25, 0.3) is 0 Å². The summed E-state index contributed by atoms with van der Waals surface area (Å²) in [6.45, 7) is 14.0. The summed E-state index contributed by atoms with van der Waals surface area (Å²) >= 11 is 0. The van der Waals surface area contributed by atoms with Crippen LogP contribution < -0.4 is 4.90 Å². The first-order valence-corrected chi connectivity index (χ1v) is 27.7. The topological polar surface area (TPSA) is 3.24 Å². The summed E-state index contributed by atoms with van der Waals surface area (Å²) in [5, 5.41) is 5.05. The van der Waals surface area contributed by atoms with E-state index >= 15 is 0 Å². The van der Waals surface area contributed by atoms with E-state index in [1.165, 1.54) is 116 Å². The zero-order valence-corrected chi connectivity index (χ0v) is 45.3. The molecule has 0 unspecified atom stereocenters. The van der Waals surface area contributed by atoms with Crippen LogP contribution >= 0.6 is 0 Å². The van der Waals surface area contributed by atoms with Gasteiger partial charge in [-0.3, -0.25) is 0 Å². The van der Waals surface area contributed by atoms with Gasteiger partial charge in [0.05, 0.1) is 11.1 Å². The molecular formula is C77H61N. The number of hydrogen-bond donors (Lipinski definition) is 0. The van der Waals surface area contributed by atoms with E-state index in [0.29, 0.717) is 0 Å². The largest absolute Gasteiger partial charge is 0.310 e. The van der Waals surface area contributed by atoms with E-state index < -0.39 is 5.41 Å². The Morgan fingerprint density at radius 2 is 0.756 bits per heavy atom. The van der Waals surface area contributed by atoms with Crippen molar-refractivity contribution in [3.8, 4) is 66.8 Å². The highest BCUT2D eigenvalue weighted by Gasteiger charge is 2.52. The van der Waals surface area contributed by atoms with Gasteiger partial charge in [-0.2, -0.15) is 0 Å². The minimum Gasteiger partial charge on any atom is -0.310 e. The van der Waals surface area contributed by atoms with E-state index in [-0.39, 0.29) is 10.8 Å².